The van der Waals surface area contributed by atoms with Crippen molar-refractivity contribution in [3.8, 4) is 6.07 Å². The number of anilines is 1. The zero-order valence-corrected chi connectivity index (χ0v) is 22.4. The second-order valence-corrected chi connectivity index (χ2v) is 10.9. The maximum atomic E-state index is 13.5. The lowest BCUT2D eigenvalue weighted by atomic mass is 9.78. The third kappa shape index (κ3) is 6.55. The zero-order chi connectivity index (χ0) is 27.1. The van der Waals surface area contributed by atoms with Gasteiger partial charge in [0.05, 0.1) is 17.7 Å². The molecule has 3 aromatic rings. The minimum atomic E-state index is -0.276. The molecule has 6 nitrogen and oxygen atoms in total. The Labute approximate surface area is 231 Å². The van der Waals surface area contributed by atoms with E-state index in [0.29, 0.717) is 37.2 Å². The minimum Gasteiger partial charge on any atom is -0.340 e. The third-order valence-corrected chi connectivity index (χ3v) is 8.29. The molecule has 6 heteroatoms. The van der Waals surface area contributed by atoms with E-state index in [2.05, 4.69) is 64.8 Å². The number of nitrogens with zero attached hydrogens (tertiary/aromatic N) is 3. The van der Waals surface area contributed by atoms with Crippen LogP contribution in [0.1, 0.15) is 61.3 Å². The van der Waals surface area contributed by atoms with Gasteiger partial charge in [-0.25, -0.2) is 0 Å². The number of nitrogens with one attached hydrogen (secondary N) is 1. The highest BCUT2D eigenvalue weighted by molar-refractivity contribution is 5.91. The molecular weight excluding hydrogens is 484 g/mol. The van der Waals surface area contributed by atoms with E-state index in [1.165, 1.54) is 11.1 Å². The maximum absolute atomic E-state index is 13.5. The quantitative estimate of drug-likeness (QED) is 0.409. The topological polar surface area (TPSA) is 76.4 Å². The van der Waals surface area contributed by atoms with E-state index in [0.717, 1.165) is 38.8 Å². The van der Waals surface area contributed by atoms with E-state index >= 15 is 0 Å². The molecule has 39 heavy (non-hydrogen) atoms. The van der Waals surface area contributed by atoms with Gasteiger partial charge in [-0.05, 0) is 53.6 Å². The summed E-state index contributed by atoms with van der Waals surface area (Å²) in [5.74, 6) is 0.103. The van der Waals surface area contributed by atoms with Crippen LogP contribution >= 0.6 is 0 Å². The molecule has 0 spiro atoms. The molecule has 1 saturated heterocycles. The van der Waals surface area contributed by atoms with Crippen molar-refractivity contribution in [1.29, 1.82) is 5.26 Å². The lowest BCUT2D eigenvalue weighted by Gasteiger charge is -2.41. The SMILES string of the molecule is N#Cc1ccc(NC(=O)CC2(CC(=O)N3CCN(C(c4ccccc4)c4ccccc4)CC3)CCCC2)cc1. The summed E-state index contributed by atoms with van der Waals surface area (Å²) in [6.45, 7) is 3.02. The predicted molar refractivity (Wildman–Crippen MR) is 153 cm³/mol. The third-order valence-electron chi connectivity index (χ3n) is 8.29. The fourth-order valence-electron chi connectivity index (χ4n) is 6.26. The van der Waals surface area contributed by atoms with Gasteiger partial charge in [0, 0.05) is 44.7 Å². The Hall–Kier alpha value is -3.95. The molecule has 1 heterocycles. The lowest BCUT2D eigenvalue weighted by molar-refractivity contribution is -0.136. The molecule has 1 saturated carbocycles. The number of amides is 2. The first-order chi connectivity index (χ1) is 19.0. The lowest BCUT2D eigenvalue weighted by Crippen LogP contribution is -2.50. The number of rotatable bonds is 8. The summed E-state index contributed by atoms with van der Waals surface area (Å²) in [6, 6.07) is 30.3. The Morgan fingerprint density at radius 2 is 1.36 bits per heavy atom. The minimum absolute atomic E-state index is 0.0622. The van der Waals surface area contributed by atoms with E-state index in [-0.39, 0.29) is 23.3 Å². The molecule has 0 radical (unpaired) electrons. The van der Waals surface area contributed by atoms with Crippen LogP contribution in [0, 0.1) is 16.7 Å². The van der Waals surface area contributed by atoms with Crippen LogP contribution in [0.3, 0.4) is 0 Å². The normalized spacial score (nSPS) is 17.1. The second kappa shape index (κ2) is 12.3. The van der Waals surface area contributed by atoms with E-state index in [1.54, 1.807) is 24.3 Å². The molecule has 5 rings (SSSR count). The monoisotopic (exact) mass is 520 g/mol. The molecule has 1 aliphatic heterocycles. The average Bonchev–Trinajstić information content (AvgIpc) is 3.42. The van der Waals surface area contributed by atoms with E-state index in [4.69, 9.17) is 5.26 Å². The van der Waals surface area contributed by atoms with Crippen LogP contribution in [0.2, 0.25) is 0 Å². The summed E-state index contributed by atoms with van der Waals surface area (Å²) in [7, 11) is 0. The summed E-state index contributed by atoms with van der Waals surface area (Å²) in [5, 5.41) is 12.0. The van der Waals surface area contributed by atoms with E-state index in [9.17, 15) is 9.59 Å². The number of carbonyl (C=O) groups excluding carboxylic acids is 2. The van der Waals surface area contributed by atoms with Gasteiger partial charge in [0.2, 0.25) is 11.8 Å². The van der Waals surface area contributed by atoms with Crippen molar-refractivity contribution in [3.63, 3.8) is 0 Å². The smallest absolute Gasteiger partial charge is 0.224 e. The average molecular weight is 521 g/mol. The first-order valence-corrected chi connectivity index (χ1v) is 14.0. The number of hydrogen-bond donors (Lipinski definition) is 1. The molecule has 0 atom stereocenters. The van der Waals surface area contributed by atoms with Gasteiger partial charge < -0.3 is 10.2 Å². The molecule has 2 fully saturated rings. The maximum Gasteiger partial charge on any atom is 0.224 e. The van der Waals surface area contributed by atoms with Gasteiger partial charge in [-0.3, -0.25) is 14.5 Å². The van der Waals surface area contributed by atoms with Gasteiger partial charge in [-0.15, -0.1) is 0 Å². The summed E-state index contributed by atoms with van der Waals surface area (Å²) in [4.78, 5) is 31.0. The number of hydrogen-bond acceptors (Lipinski definition) is 4. The van der Waals surface area contributed by atoms with Crippen LogP contribution in [0.25, 0.3) is 0 Å². The molecular formula is C33H36N4O2. The van der Waals surface area contributed by atoms with Crippen LogP contribution < -0.4 is 5.32 Å². The Balaban J connectivity index is 1.20. The van der Waals surface area contributed by atoms with Gasteiger partial charge in [-0.2, -0.15) is 5.26 Å². The van der Waals surface area contributed by atoms with Crippen LogP contribution in [-0.4, -0.2) is 47.8 Å². The van der Waals surface area contributed by atoms with Crippen molar-refractivity contribution in [1.82, 2.24) is 9.80 Å². The van der Waals surface area contributed by atoms with Crippen LogP contribution in [0.4, 0.5) is 5.69 Å². The molecule has 2 aliphatic rings. The van der Waals surface area contributed by atoms with Gasteiger partial charge in [0.25, 0.3) is 0 Å². The van der Waals surface area contributed by atoms with Gasteiger partial charge in [-0.1, -0.05) is 73.5 Å². The summed E-state index contributed by atoms with van der Waals surface area (Å²) in [6.07, 6.45) is 4.70. The molecule has 0 unspecified atom stereocenters. The summed E-state index contributed by atoms with van der Waals surface area (Å²) in [5.41, 5.74) is 3.50. The fraction of sp³-hybridized carbons (Fsp3) is 0.364. The van der Waals surface area contributed by atoms with Crippen molar-refractivity contribution in [2.45, 2.75) is 44.6 Å². The van der Waals surface area contributed by atoms with Crippen molar-refractivity contribution < 1.29 is 9.59 Å². The van der Waals surface area contributed by atoms with Gasteiger partial charge in [0.1, 0.15) is 0 Å². The fourth-order valence-corrected chi connectivity index (χ4v) is 6.26. The molecule has 1 aliphatic carbocycles. The first kappa shape index (κ1) is 26.6. The number of piperazine rings is 1. The van der Waals surface area contributed by atoms with E-state index in [1.807, 2.05) is 17.0 Å². The Kier molecular flexibility index (Phi) is 8.39. The van der Waals surface area contributed by atoms with Crippen LogP contribution in [-0.2, 0) is 9.59 Å². The highest BCUT2D eigenvalue weighted by Gasteiger charge is 2.39. The molecule has 3 aromatic carbocycles. The summed E-state index contributed by atoms with van der Waals surface area (Å²) >= 11 is 0. The van der Waals surface area contributed by atoms with Crippen LogP contribution in [0.15, 0.2) is 84.9 Å². The Morgan fingerprint density at radius 3 is 1.90 bits per heavy atom. The van der Waals surface area contributed by atoms with Crippen molar-refractivity contribution in [2.75, 3.05) is 31.5 Å². The standard InChI is InChI=1S/C33H36N4O2/c34-25-26-13-15-29(16-14-26)35-30(38)23-33(17-7-8-18-33)24-31(39)36-19-21-37(22-20-36)32(27-9-3-1-4-10-27)28-11-5-2-6-12-28/h1-6,9-16,32H,7-8,17-24H2,(H,35,38). The highest BCUT2D eigenvalue weighted by Crippen LogP contribution is 2.45. The first-order valence-electron chi connectivity index (χ1n) is 14.0. The van der Waals surface area contributed by atoms with Crippen molar-refractivity contribution in [3.05, 3.63) is 102 Å². The number of nitriles is 1. The molecule has 1 N–H and O–H groups in total. The summed E-state index contributed by atoms with van der Waals surface area (Å²) < 4.78 is 0. The Bertz CT molecular complexity index is 1250. The number of carbonyl (C=O) groups is 2. The van der Waals surface area contributed by atoms with Gasteiger partial charge >= 0.3 is 0 Å². The van der Waals surface area contributed by atoms with Gasteiger partial charge in [0.15, 0.2) is 0 Å². The zero-order valence-electron chi connectivity index (χ0n) is 22.4. The second-order valence-electron chi connectivity index (χ2n) is 10.9. The Morgan fingerprint density at radius 1 is 0.795 bits per heavy atom. The molecule has 0 bridgehead atoms. The molecule has 2 amide bonds. The molecule has 200 valence electrons. The van der Waals surface area contributed by atoms with E-state index < -0.39 is 0 Å². The molecule has 0 aromatic heterocycles. The van der Waals surface area contributed by atoms with Crippen LogP contribution in [0.5, 0.6) is 0 Å². The largest absolute Gasteiger partial charge is 0.340 e. The van der Waals surface area contributed by atoms with Crippen molar-refractivity contribution >= 4 is 17.5 Å². The highest BCUT2D eigenvalue weighted by atomic mass is 16.2. The van der Waals surface area contributed by atoms with Crippen molar-refractivity contribution in [2.24, 2.45) is 5.41 Å². The predicted octanol–water partition coefficient (Wildman–Crippen LogP) is 5.77. The number of benzene rings is 3.